The summed E-state index contributed by atoms with van der Waals surface area (Å²) in [6, 6.07) is 12.8. The van der Waals surface area contributed by atoms with E-state index in [1.54, 1.807) is 36.4 Å². The van der Waals surface area contributed by atoms with Gasteiger partial charge in [0.15, 0.2) is 5.96 Å². The van der Waals surface area contributed by atoms with Crippen LogP contribution in [-0.2, 0) is 16.6 Å². The highest BCUT2D eigenvalue weighted by molar-refractivity contribution is 7.92. The molecule has 0 amide bonds. The number of halogens is 1. The second-order valence-corrected chi connectivity index (χ2v) is 6.65. The summed E-state index contributed by atoms with van der Waals surface area (Å²) in [6.45, 7) is 0.399. The zero-order valence-corrected chi connectivity index (χ0v) is 13.1. The van der Waals surface area contributed by atoms with Crippen molar-refractivity contribution in [2.75, 3.05) is 4.72 Å². The van der Waals surface area contributed by atoms with E-state index in [0.717, 1.165) is 5.56 Å². The molecule has 0 aliphatic rings. The lowest BCUT2D eigenvalue weighted by atomic mass is 10.2. The zero-order chi connectivity index (χ0) is 16.2. The van der Waals surface area contributed by atoms with Crippen molar-refractivity contribution < 1.29 is 8.42 Å². The van der Waals surface area contributed by atoms with Crippen LogP contribution < -0.4 is 15.8 Å². The lowest BCUT2D eigenvalue weighted by Gasteiger charge is -2.09. The molecule has 116 valence electrons. The van der Waals surface area contributed by atoms with E-state index in [4.69, 9.17) is 22.7 Å². The molecule has 2 rings (SSSR count). The first kappa shape index (κ1) is 16.1. The minimum atomic E-state index is -3.68. The maximum Gasteiger partial charge on any atom is 0.261 e. The smallest absolute Gasteiger partial charge is 0.261 e. The predicted molar refractivity (Wildman–Crippen MR) is 87.5 cm³/mol. The molecule has 0 aliphatic heterocycles. The van der Waals surface area contributed by atoms with Gasteiger partial charge in [-0.15, -0.1) is 0 Å². The maximum absolute atomic E-state index is 12.2. The van der Waals surface area contributed by atoms with Crippen molar-refractivity contribution in [1.29, 1.82) is 5.41 Å². The number of rotatable bonds is 5. The summed E-state index contributed by atoms with van der Waals surface area (Å²) in [5.74, 6) is -0.120. The van der Waals surface area contributed by atoms with Crippen LogP contribution in [0.3, 0.4) is 0 Å². The van der Waals surface area contributed by atoms with Crippen molar-refractivity contribution in [1.82, 2.24) is 5.32 Å². The van der Waals surface area contributed by atoms with Crippen LogP contribution in [0.4, 0.5) is 5.69 Å². The number of sulfonamides is 1. The van der Waals surface area contributed by atoms with E-state index >= 15 is 0 Å². The number of nitrogens with two attached hydrogens (primary N) is 1. The Bertz CT molecular complexity index is 776. The van der Waals surface area contributed by atoms with Gasteiger partial charge in [-0.05, 0) is 35.9 Å². The van der Waals surface area contributed by atoms with Gasteiger partial charge in [0, 0.05) is 17.3 Å². The number of guanidine groups is 1. The Morgan fingerprint density at radius 3 is 2.45 bits per heavy atom. The molecular weight excluding hydrogens is 324 g/mol. The van der Waals surface area contributed by atoms with Gasteiger partial charge in [0.25, 0.3) is 10.0 Å². The van der Waals surface area contributed by atoms with Gasteiger partial charge in [-0.3, -0.25) is 10.1 Å². The number of hydrogen-bond donors (Lipinski definition) is 4. The third kappa shape index (κ3) is 4.37. The molecule has 5 N–H and O–H groups in total. The average molecular weight is 339 g/mol. The minimum absolute atomic E-state index is 0.0994. The van der Waals surface area contributed by atoms with Crippen LogP contribution in [0.25, 0.3) is 0 Å². The average Bonchev–Trinajstić information content (AvgIpc) is 2.46. The van der Waals surface area contributed by atoms with E-state index < -0.39 is 10.0 Å². The highest BCUT2D eigenvalue weighted by Gasteiger charge is 2.14. The maximum atomic E-state index is 12.2. The normalized spacial score (nSPS) is 11.0. The molecule has 22 heavy (non-hydrogen) atoms. The Balaban J connectivity index is 2.11. The third-order valence-electron chi connectivity index (χ3n) is 2.80. The largest absolute Gasteiger partial charge is 0.370 e. The molecule has 2 aromatic carbocycles. The Labute approximate surface area is 133 Å². The van der Waals surface area contributed by atoms with E-state index in [9.17, 15) is 8.42 Å². The van der Waals surface area contributed by atoms with Gasteiger partial charge in [-0.25, -0.2) is 8.42 Å². The Morgan fingerprint density at radius 1 is 1.18 bits per heavy atom. The number of hydrogen-bond acceptors (Lipinski definition) is 3. The summed E-state index contributed by atoms with van der Waals surface area (Å²) in [6.07, 6.45) is 0. The summed E-state index contributed by atoms with van der Waals surface area (Å²) < 4.78 is 26.9. The van der Waals surface area contributed by atoms with Crippen LogP contribution in [0, 0.1) is 5.41 Å². The number of anilines is 1. The van der Waals surface area contributed by atoms with Crippen LogP contribution in [-0.4, -0.2) is 14.4 Å². The molecule has 0 aromatic heterocycles. The minimum Gasteiger partial charge on any atom is -0.370 e. The first-order valence-electron chi connectivity index (χ1n) is 6.32. The van der Waals surface area contributed by atoms with Crippen molar-refractivity contribution in [3.63, 3.8) is 0 Å². The van der Waals surface area contributed by atoms with Crippen LogP contribution in [0.5, 0.6) is 0 Å². The van der Waals surface area contributed by atoms with Crippen molar-refractivity contribution in [2.45, 2.75) is 11.4 Å². The Kier molecular flexibility index (Phi) is 4.89. The van der Waals surface area contributed by atoms with E-state index in [1.165, 1.54) is 12.1 Å². The second kappa shape index (κ2) is 6.67. The van der Waals surface area contributed by atoms with Gasteiger partial charge in [-0.1, -0.05) is 29.8 Å². The molecule has 0 saturated heterocycles. The molecule has 0 heterocycles. The summed E-state index contributed by atoms with van der Waals surface area (Å²) in [5, 5.41) is 10.1. The fraction of sp³-hybridized carbons (Fsp3) is 0.0714. The summed E-state index contributed by atoms with van der Waals surface area (Å²) in [7, 11) is -3.68. The van der Waals surface area contributed by atoms with Gasteiger partial charge >= 0.3 is 0 Å². The first-order chi connectivity index (χ1) is 10.4. The molecule has 0 unspecified atom stereocenters. The molecular formula is C14H15ClN4O2S. The molecule has 0 bridgehead atoms. The molecule has 0 fully saturated rings. The molecule has 6 nitrogen and oxygen atoms in total. The highest BCUT2D eigenvalue weighted by atomic mass is 35.5. The van der Waals surface area contributed by atoms with E-state index in [-0.39, 0.29) is 10.9 Å². The van der Waals surface area contributed by atoms with E-state index in [0.29, 0.717) is 17.3 Å². The summed E-state index contributed by atoms with van der Waals surface area (Å²) in [4.78, 5) is 0.0994. The summed E-state index contributed by atoms with van der Waals surface area (Å²) in [5.41, 5.74) is 6.51. The number of nitrogens with one attached hydrogen (secondary N) is 3. The van der Waals surface area contributed by atoms with Gasteiger partial charge in [0.1, 0.15) is 0 Å². The van der Waals surface area contributed by atoms with Crippen molar-refractivity contribution in [2.24, 2.45) is 5.73 Å². The molecule has 8 heteroatoms. The zero-order valence-electron chi connectivity index (χ0n) is 11.5. The first-order valence-corrected chi connectivity index (χ1v) is 8.18. The molecule has 0 saturated carbocycles. The molecule has 2 aromatic rings. The lowest BCUT2D eigenvalue weighted by molar-refractivity contribution is 0.601. The van der Waals surface area contributed by atoms with Crippen molar-refractivity contribution in [3.05, 3.63) is 59.1 Å². The lowest BCUT2D eigenvalue weighted by Crippen LogP contribution is -2.29. The highest BCUT2D eigenvalue weighted by Crippen LogP contribution is 2.19. The monoisotopic (exact) mass is 338 g/mol. The van der Waals surface area contributed by atoms with E-state index in [2.05, 4.69) is 10.0 Å². The molecule has 0 atom stereocenters. The van der Waals surface area contributed by atoms with Crippen molar-refractivity contribution in [3.8, 4) is 0 Å². The molecule has 0 aliphatic carbocycles. The standard InChI is InChI=1S/C14H15ClN4O2S/c15-11-2-1-3-13(8-11)22(20,21)19-12-6-4-10(5-7-12)9-18-14(16)17/h1-8,19H,9H2,(H4,16,17,18). The predicted octanol–water partition coefficient (Wildman–Crippen LogP) is 2.12. The fourth-order valence-electron chi connectivity index (χ4n) is 1.74. The Morgan fingerprint density at radius 2 is 1.86 bits per heavy atom. The Hall–Kier alpha value is -2.25. The van der Waals surface area contributed by atoms with Crippen LogP contribution >= 0.6 is 11.6 Å². The second-order valence-electron chi connectivity index (χ2n) is 4.53. The van der Waals surface area contributed by atoms with Crippen LogP contribution in [0.15, 0.2) is 53.4 Å². The molecule has 0 radical (unpaired) electrons. The van der Waals surface area contributed by atoms with Gasteiger partial charge in [0.2, 0.25) is 0 Å². The quantitative estimate of drug-likeness (QED) is 0.494. The van der Waals surface area contributed by atoms with Gasteiger partial charge < -0.3 is 11.1 Å². The number of benzene rings is 2. The van der Waals surface area contributed by atoms with Gasteiger partial charge in [0.05, 0.1) is 4.90 Å². The summed E-state index contributed by atoms with van der Waals surface area (Å²) >= 11 is 5.81. The van der Waals surface area contributed by atoms with Gasteiger partial charge in [-0.2, -0.15) is 0 Å². The van der Waals surface area contributed by atoms with Crippen molar-refractivity contribution >= 4 is 33.3 Å². The molecule has 0 spiro atoms. The fourth-order valence-corrected chi connectivity index (χ4v) is 3.10. The van der Waals surface area contributed by atoms with Crippen LogP contribution in [0.2, 0.25) is 5.02 Å². The van der Waals surface area contributed by atoms with E-state index in [1.807, 2.05) is 0 Å². The SMILES string of the molecule is N=C(N)NCc1ccc(NS(=O)(=O)c2cccc(Cl)c2)cc1. The van der Waals surface area contributed by atoms with Crippen LogP contribution in [0.1, 0.15) is 5.56 Å². The third-order valence-corrected chi connectivity index (χ3v) is 4.41. The topological polar surface area (TPSA) is 108 Å².